The first-order chi connectivity index (χ1) is 20.3. The first-order valence-electron chi connectivity index (χ1n) is 14.8. The zero-order valence-corrected chi connectivity index (χ0v) is 24.3. The number of aryl methyl sites for hydroxylation is 2. The SMILES string of the molecule is C[C@@](O)(C(=O)N[C@@H](CCN(CCCCc1ccc2c(n1)NCCC2)CCOc1ccccc1)C(=O)O)c1ccccc1. The van der Waals surface area contributed by atoms with Crippen LogP contribution in [-0.2, 0) is 28.0 Å². The van der Waals surface area contributed by atoms with Crippen molar-refractivity contribution in [2.75, 3.05) is 38.1 Å². The van der Waals surface area contributed by atoms with Crippen molar-refractivity contribution < 1.29 is 24.5 Å². The van der Waals surface area contributed by atoms with E-state index in [9.17, 15) is 19.8 Å². The van der Waals surface area contributed by atoms with Gasteiger partial charge in [-0.15, -0.1) is 0 Å². The summed E-state index contributed by atoms with van der Waals surface area (Å²) in [6.07, 6.45) is 5.11. The van der Waals surface area contributed by atoms with Gasteiger partial charge in [-0.25, -0.2) is 9.78 Å². The quantitative estimate of drug-likeness (QED) is 0.189. The second kappa shape index (κ2) is 15.3. The van der Waals surface area contributed by atoms with Gasteiger partial charge in [-0.1, -0.05) is 54.6 Å². The van der Waals surface area contributed by atoms with Crippen molar-refractivity contribution in [1.82, 2.24) is 15.2 Å². The molecule has 0 fully saturated rings. The summed E-state index contributed by atoms with van der Waals surface area (Å²) >= 11 is 0. The minimum atomic E-state index is -1.85. The molecule has 2 aromatic carbocycles. The number of aliphatic hydroxyl groups is 1. The molecule has 9 nitrogen and oxygen atoms in total. The van der Waals surface area contributed by atoms with Crippen LogP contribution >= 0.6 is 0 Å². The van der Waals surface area contributed by atoms with E-state index in [1.807, 2.05) is 30.3 Å². The molecule has 1 aromatic heterocycles. The number of nitrogens with zero attached hydrogens (tertiary/aromatic N) is 2. The molecule has 9 heteroatoms. The number of aliphatic carboxylic acids is 1. The number of fused-ring (bicyclic) bond motifs is 1. The van der Waals surface area contributed by atoms with E-state index < -0.39 is 23.5 Å². The summed E-state index contributed by atoms with van der Waals surface area (Å²) in [6.45, 7) is 4.60. The average Bonchev–Trinajstić information content (AvgIpc) is 3.01. The number of amides is 1. The molecule has 0 bridgehead atoms. The first kappa shape index (κ1) is 31.0. The maximum Gasteiger partial charge on any atom is 0.326 e. The van der Waals surface area contributed by atoms with Crippen molar-refractivity contribution in [3.8, 4) is 5.75 Å². The Kier molecular flexibility index (Phi) is 11.3. The number of carbonyl (C=O) groups is 2. The van der Waals surface area contributed by atoms with E-state index in [0.29, 0.717) is 25.3 Å². The standard InChI is InChI=1S/C33H42N4O5/c1-33(41,26-12-4-2-5-13-26)32(40)36-29(31(38)39)19-22-37(23-24-42-28-15-6-3-7-16-28)21-9-8-14-27-18-17-25-11-10-20-34-30(25)35-27/h2-7,12-13,15-18,29,41H,8-11,14,19-24H2,1H3,(H,34,35)(H,36,40)(H,38,39)/t29-,33-/m0/s1. The molecule has 3 aromatic rings. The Morgan fingerprint density at radius 3 is 2.50 bits per heavy atom. The Morgan fingerprint density at radius 1 is 1.02 bits per heavy atom. The van der Waals surface area contributed by atoms with Crippen LogP contribution in [0.25, 0.3) is 0 Å². The fourth-order valence-electron chi connectivity index (χ4n) is 5.06. The number of aromatic nitrogens is 1. The fourth-order valence-corrected chi connectivity index (χ4v) is 5.06. The maximum absolute atomic E-state index is 12.9. The number of benzene rings is 2. The van der Waals surface area contributed by atoms with Gasteiger partial charge in [0, 0.05) is 25.3 Å². The number of anilines is 1. The number of carbonyl (C=O) groups excluding carboxylic acids is 1. The molecule has 1 aliphatic rings. The molecule has 42 heavy (non-hydrogen) atoms. The van der Waals surface area contributed by atoms with E-state index >= 15 is 0 Å². The summed E-state index contributed by atoms with van der Waals surface area (Å²) in [4.78, 5) is 32.0. The number of ether oxygens (including phenoxy) is 1. The number of carboxylic acids is 1. The lowest BCUT2D eigenvalue weighted by Crippen LogP contribution is -2.50. The van der Waals surface area contributed by atoms with E-state index in [1.165, 1.54) is 12.5 Å². The molecule has 224 valence electrons. The number of nitrogens with one attached hydrogen (secondary N) is 2. The lowest BCUT2D eigenvalue weighted by atomic mass is 9.94. The largest absolute Gasteiger partial charge is 0.492 e. The van der Waals surface area contributed by atoms with Crippen molar-refractivity contribution in [3.63, 3.8) is 0 Å². The zero-order valence-electron chi connectivity index (χ0n) is 24.3. The molecule has 4 rings (SSSR count). The first-order valence-corrected chi connectivity index (χ1v) is 14.8. The maximum atomic E-state index is 12.9. The van der Waals surface area contributed by atoms with Gasteiger partial charge in [0.2, 0.25) is 0 Å². The van der Waals surface area contributed by atoms with Crippen LogP contribution in [0.3, 0.4) is 0 Å². The van der Waals surface area contributed by atoms with E-state index in [1.54, 1.807) is 30.3 Å². The van der Waals surface area contributed by atoms with Crippen LogP contribution in [0, 0.1) is 0 Å². The molecule has 2 atom stereocenters. The van der Waals surface area contributed by atoms with Crippen molar-refractivity contribution >= 4 is 17.7 Å². The number of para-hydroxylation sites is 1. The molecule has 0 aliphatic carbocycles. The van der Waals surface area contributed by atoms with Crippen molar-refractivity contribution in [1.29, 1.82) is 0 Å². The highest BCUT2D eigenvalue weighted by atomic mass is 16.5. The molecule has 2 heterocycles. The van der Waals surface area contributed by atoms with E-state index in [2.05, 4.69) is 27.7 Å². The monoisotopic (exact) mass is 574 g/mol. The van der Waals surface area contributed by atoms with Gasteiger partial charge in [0.05, 0.1) is 0 Å². The number of unbranched alkanes of at least 4 members (excludes halogenated alkanes) is 1. The van der Waals surface area contributed by atoms with Gasteiger partial charge in [-0.2, -0.15) is 0 Å². The highest BCUT2D eigenvalue weighted by Gasteiger charge is 2.35. The number of carboxylic acid groups (broad SMARTS) is 1. The van der Waals surface area contributed by atoms with Gasteiger partial charge in [-0.05, 0) is 81.3 Å². The Labute approximate surface area is 247 Å². The molecule has 4 N–H and O–H groups in total. The number of hydrogen-bond acceptors (Lipinski definition) is 7. The topological polar surface area (TPSA) is 124 Å². The third-order valence-corrected chi connectivity index (χ3v) is 7.64. The van der Waals surface area contributed by atoms with E-state index in [0.717, 1.165) is 62.5 Å². The predicted molar refractivity (Wildman–Crippen MR) is 163 cm³/mol. The summed E-state index contributed by atoms with van der Waals surface area (Å²) in [5.41, 5.74) is 0.898. The van der Waals surface area contributed by atoms with Gasteiger partial charge in [-0.3, -0.25) is 9.69 Å². The second-order valence-electron chi connectivity index (χ2n) is 10.9. The van der Waals surface area contributed by atoms with Crippen molar-refractivity contribution in [3.05, 3.63) is 89.6 Å². The van der Waals surface area contributed by atoms with Crippen LogP contribution in [0.1, 0.15) is 49.4 Å². The summed E-state index contributed by atoms with van der Waals surface area (Å²) < 4.78 is 5.90. The number of pyridine rings is 1. The van der Waals surface area contributed by atoms with Gasteiger partial charge in [0.1, 0.15) is 24.2 Å². The third-order valence-electron chi connectivity index (χ3n) is 7.64. The number of rotatable bonds is 16. The van der Waals surface area contributed by atoms with Crippen LogP contribution in [0.15, 0.2) is 72.8 Å². The smallest absolute Gasteiger partial charge is 0.326 e. The Balaban J connectivity index is 1.32. The van der Waals surface area contributed by atoms with Crippen LogP contribution in [0.5, 0.6) is 5.75 Å². The highest BCUT2D eigenvalue weighted by Crippen LogP contribution is 2.22. The van der Waals surface area contributed by atoms with Gasteiger partial charge in [0.15, 0.2) is 5.60 Å². The molecule has 0 saturated carbocycles. The Bertz CT molecular complexity index is 1290. The molecule has 0 radical (unpaired) electrons. The average molecular weight is 575 g/mol. The third kappa shape index (κ3) is 9.03. The molecule has 1 aliphatic heterocycles. The van der Waals surface area contributed by atoms with Gasteiger partial charge in [0.25, 0.3) is 5.91 Å². The molecule has 0 saturated heterocycles. The summed E-state index contributed by atoms with van der Waals surface area (Å²) in [5.74, 6) is -0.0957. The van der Waals surface area contributed by atoms with Crippen molar-refractivity contribution in [2.24, 2.45) is 0 Å². The molecular weight excluding hydrogens is 532 g/mol. The molecule has 1 amide bonds. The highest BCUT2D eigenvalue weighted by molar-refractivity contribution is 5.89. The Hall–Kier alpha value is -3.95. The minimum Gasteiger partial charge on any atom is -0.492 e. The summed E-state index contributed by atoms with van der Waals surface area (Å²) in [5, 5.41) is 26.7. The lowest BCUT2D eigenvalue weighted by molar-refractivity contribution is -0.147. The number of hydrogen-bond donors (Lipinski definition) is 4. The van der Waals surface area contributed by atoms with Crippen LogP contribution in [0.4, 0.5) is 5.82 Å². The predicted octanol–water partition coefficient (Wildman–Crippen LogP) is 4.01. The minimum absolute atomic E-state index is 0.190. The second-order valence-corrected chi connectivity index (χ2v) is 10.9. The van der Waals surface area contributed by atoms with Gasteiger partial charge >= 0.3 is 5.97 Å². The van der Waals surface area contributed by atoms with Crippen LogP contribution in [0.2, 0.25) is 0 Å². The summed E-state index contributed by atoms with van der Waals surface area (Å²) in [6, 6.07) is 21.2. The van der Waals surface area contributed by atoms with Crippen LogP contribution in [-0.4, -0.2) is 70.8 Å². The lowest BCUT2D eigenvalue weighted by Gasteiger charge is -2.27. The van der Waals surface area contributed by atoms with E-state index in [-0.39, 0.29) is 6.42 Å². The fraction of sp³-hybridized carbons (Fsp3) is 0.424. The Morgan fingerprint density at radius 2 is 1.76 bits per heavy atom. The van der Waals surface area contributed by atoms with Crippen molar-refractivity contribution in [2.45, 2.75) is 57.1 Å². The van der Waals surface area contributed by atoms with E-state index in [4.69, 9.17) is 9.72 Å². The summed E-state index contributed by atoms with van der Waals surface area (Å²) in [7, 11) is 0. The normalized spacial score (nSPS) is 14.7. The zero-order chi connectivity index (χ0) is 29.8. The molecule has 0 unspecified atom stereocenters. The molecule has 0 spiro atoms. The molecular formula is C33H42N4O5. The van der Waals surface area contributed by atoms with Gasteiger partial charge < -0.3 is 25.6 Å². The van der Waals surface area contributed by atoms with Crippen LogP contribution < -0.4 is 15.4 Å².